The van der Waals surface area contributed by atoms with E-state index in [1.165, 1.54) is 11.1 Å². The summed E-state index contributed by atoms with van der Waals surface area (Å²) in [6.45, 7) is 0. The Morgan fingerprint density at radius 3 is 1.49 bits per heavy atom. The van der Waals surface area contributed by atoms with E-state index in [0.29, 0.717) is 5.89 Å². The van der Waals surface area contributed by atoms with Crippen molar-refractivity contribution < 1.29 is 4.42 Å². The van der Waals surface area contributed by atoms with Crippen molar-refractivity contribution in [3.8, 4) is 56.0 Å². The van der Waals surface area contributed by atoms with Crippen LogP contribution in [0.2, 0.25) is 0 Å². The Bertz CT molecular complexity index is 1850. The SMILES string of the molecule is c1ccc(-c2ccc(-c3ccc4oc(-c5ccc(-c6ccc(-c7cccnc7)cc6)cc5)nc4c3)cc2)cc1. The maximum Gasteiger partial charge on any atom is 0.227 e. The van der Waals surface area contributed by atoms with E-state index < -0.39 is 0 Å². The van der Waals surface area contributed by atoms with Gasteiger partial charge in [-0.2, -0.15) is 0 Å². The molecule has 0 atom stereocenters. The molecular formula is C36H24N2O. The molecule has 0 amide bonds. The fourth-order valence-corrected chi connectivity index (χ4v) is 4.91. The van der Waals surface area contributed by atoms with E-state index in [4.69, 9.17) is 9.40 Å². The molecule has 7 rings (SSSR count). The van der Waals surface area contributed by atoms with Gasteiger partial charge in [-0.1, -0.05) is 103 Å². The molecule has 0 saturated carbocycles. The number of pyridine rings is 1. The summed E-state index contributed by atoms with van der Waals surface area (Å²) < 4.78 is 6.12. The lowest BCUT2D eigenvalue weighted by atomic mass is 10.0. The van der Waals surface area contributed by atoms with Crippen LogP contribution in [0.15, 0.2) is 150 Å². The van der Waals surface area contributed by atoms with Crippen LogP contribution in [0, 0.1) is 0 Å². The van der Waals surface area contributed by atoms with E-state index in [1.54, 1.807) is 6.20 Å². The van der Waals surface area contributed by atoms with Crippen molar-refractivity contribution in [1.29, 1.82) is 0 Å². The van der Waals surface area contributed by atoms with Gasteiger partial charge in [-0.25, -0.2) is 4.98 Å². The Kier molecular flexibility index (Phi) is 5.80. The minimum absolute atomic E-state index is 0.625. The van der Waals surface area contributed by atoms with Gasteiger partial charge >= 0.3 is 0 Å². The molecule has 2 heterocycles. The van der Waals surface area contributed by atoms with Crippen LogP contribution in [-0.4, -0.2) is 9.97 Å². The molecule has 0 unspecified atom stereocenters. The molecule has 3 nitrogen and oxygen atoms in total. The van der Waals surface area contributed by atoms with Gasteiger partial charge in [0, 0.05) is 18.0 Å². The molecule has 0 saturated heterocycles. The second-order valence-electron chi connectivity index (χ2n) is 9.54. The monoisotopic (exact) mass is 500 g/mol. The highest BCUT2D eigenvalue weighted by atomic mass is 16.3. The first-order valence-electron chi connectivity index (χ1n) is 13.0. The Balaban J connectivity index is 1.12. The lowest BCUT2D eigenvalue weighted by molar-refractivity contribution is 0.620. The molecule has 0 bridgehead atoms. The third-order valence-electron chi connectivity index (χ3n) is 7.06. The third kappa shape index (κ3) is 4.62. The first-order valence-corrected chi connectivity index (χ1v) is 13.0. The standard InChI is InChI=1S/C36H24N2O/c1-2-5-25(6-3-1)26-8-12-29(13-9-26)32-20-21-35-34(23-32)38-36(39-35)31-18-16-28(17-19-31)27-10-14-30(15-11-27)33-7-4-22-37-24-33/h1-24H. The summed E-state index contributed by atoms with van der Waals surface area (Å²) in [6, 6.07) is 46.2. The van der Waals surface area contributed by atoms with Gasteiger partial charge in [-0.3, -0.25) is 4.98 Å². The molecule has 2 aromatic heterocycles. The lowest BCUT2D eigenvalue weighted by Crippen LogP contribution is -1.82. The smallest absolute Gasteiger partial charge is 0.227 e. The lowest BCUT2D eigenvalue weighted by Gasteiger charge is -2.05. The molecule has 0 aliphatic rings. The maximum atomic E-state index is 6.12. The van der Waals surface area contributed by atoms with Crippen LogP contribution >= 0.6 is 0 Å². The van der Waals surface area contributed by atoms with Gasteiger partial charge < -0.3 is 4.42 Å². The minimum Gasteiger partial charge on any atom is -0.436 e. The average molecular weight is 501 g/mol. The third-order valence-corrected chi connectivity index (χ3v) is 7.06. The molecule has 0 spiro atoms. The van der Waals surface area contributed by atoms with Crippen molar-refractivity contribution in [2.75, 3.05) is 0 Å². The predicted octanol–water partition coefficient (Wildman–Crippen LogP) is 9.56. The molecule has 0 radical (unpaired) electrons. The summed E-state index contributed by atoms with van der Waals surface area (Å²) >= 11 is 0. The number of fused-ring (bicyclic) bond motifs is 1. The number of nitrogens with zero attached hydrogens (tertiary/aromatic N) is 2. The average Bonchev–Trinajstić information content (AvgIpc) is 3.46. The van der Waals surface area contributed by atoms with E-state index >= 15 is 0 Å². The highest BCUT2D eigenvalue weighted by molar-refractivity contribution is 5.83. The zero-order valence-corrected chi connectivity index (χ0v) is 21.2. The van der Waals surface area contributed by atoms with Crippen LogP contribution < -0.4 is 0 Å². The highest BCUT2D eigenvalue weighted by Crippen LogP contribution is 2.31. The number of hydrogen-bond donors (Lipinski definition) is 0. The van der Waals surface area contributed by atoms with Crippen molar-refractivity contribution in [2.24, 2.45) is 0 Å². The Morgan fingerprint density at radius 2 is 0.897 bits per heavy atom. The maximum absolute atomic E-state index is 6.12. The second-order valence-corrected chi connectivity index (χ2v) is 9.54. The minimum atomic E-state index is 0.625. The van der Waals surface area contributed by atoms with Gasteiger partial charge in [-0.05, 0) is 74.8 Å². The Hall–Kier alpha value is -5.28. The van der Waals surface area contributed by atoms with E-state index in [0.717, 1.165) is 50.0 Å². The summed E-state index contributed by atoms with van der Waals surface area (Å²) in [4.78, 5) is 9.02. The Morgan fingerprint density at radius 1 is 0.410 bits per heavy atom. The topological polar surface area (TPSA) is 38.9 Å². The van der Waals surface area contributed by atoms with Crippen molar-refractivity contribution >= 4 is 11.1 Å². The molecule has 3 heteroatoms. The van der Waals surface area contributed by atoms with E-state index in [2.05, 4.69) is 120 Å². The predicted molar refractivity (Wildman–Crippen MR) is 159 cm³/mol. The van der Waals surface area contributed by atoms with Gasteiger partial charge in [-0.15, -0.1) is 0 Å². The number of benzene rings is 5. The van der Waals surface area contributed by atoms with Gasteiger partial charge in [0.2, 0.25) is 5.89 Å². The fraction of sp³-hybridized carbons (Fsp3) is 0. The summed E-state index contributed by atoms with van der Waals surface area (Å²) in [5, 5.41) is 0. The molecular weight excluding hydrogens is 476 g/mol. The summed E-state index contributed by atoms with van der Waals surface area (Å²) in [6.07, 6.45) is 3.68. The van der Waals surface area contributed by atoms with Gasteiger partial charge in [0.15, 0.2) is 5.58 Å². The molecule has 39 heavy (non-hydrogen) atoms. The molecule has 0 aliphatic heterocycles. The number of hydrogen-bond acceptors (Lipinski definition) is 3. The van der Waals surface area contributed by atoms with Gasteiger partial charge in [0.1, 0.15) is 5.52 Å². The van der Waals surface area contributed by atoms with Gasteiger partial charge in [0.05, 0.1) is 0 Å². The van der Waals surface area contributed by atoms with Crippen molar-refractivity contribution in [2.45, 2.75) is 0 Å². The van der Waals surface area contributed by atoms with Crippen molar-refractivity contribution in [3.63, 3.8) is 0 Å². The van der Waals surface area contributed by atoms with E-state index in [9.17, 15) is 0 Å². The van der Waals surface area contributed by atoms with E-state index in [1.807, 2.05) is 24.4 Å². The fourth-order valence-electron chi connectivity index (χ4n) is 4.91. The molecule has 5 aromatic carbocycles. The summed E-state index contributed by atoms with van der Waals surface area (Å²) in [5.74, 6) is 0.625. The number of rotatable bonds is 5. The first-order chi connectivity index (χ1) is 19.3. The largest absolute Gasteiger partial charge is 0.436 e. The molecule has 184 valence electrons. The zero-order chi connectivity index (χ0) is 26.0. The van der Waals surface area contributed by atoms with Crippen LogP contribution in [0.3, 0.4) is 0 Å². The van der Waals surface area contributed by atoms with Crippen molar-refractivity contribution in [1.82, 2.24) is 9.97 Å². The van der Waals surface area contributed by atoms with Crippen LogP contribution in [0.5, 0.6) is 0 Å². The number of aromatic nitrogens is 2. The van der Waals surface area contributed by atoms with E-state index in [-0.39, 0.29) is 0 Å². The summed E-state index contributed by atoms with van der Waals surface area (Å²) in [7, 11) is 0. The Labute approximate surface area is 227 Å². The van der Waals surface area contributed by atoms with Gasteiger partial charge in [0.25, 0.3) is 0 Å². The normalized spacial score (nSPS) is 11.1. The molecule has 0 aliphatic carbocycles. The molecule has 0 fully saturated rings. The second kappa shape index (κ2) is 9.88. The van der Waals surface area contributed by atoms with Crippen molar-refractivity contribution in [3.05, 3.63) is 146 Å². The van der Waals surface area contributed by atoms with Crippen LogP contribution in [0.25, 0.3) is 67.1 Å². The first kappa shape index (κ1) is 22.9. The molecule has 7 aromatic rings. The quantitative estimate of drug-likeness (QED) is 0.236. The molecule has 0 N–H and O–H groups in total. The van der Waals surface area contributed by atoms with Crippen LogP contribution in [0.1, 0.15) is 0 Å². The van der Waals surface area contributed by atoms with Crippen LogP contribution in [-0.2, 0) is 0 Å². The highest BCUT2D eigenvalue weighted by Gasteiger charge is 2.11. The zero-order valence-electron chi connectivity index (χ0n) is 21.2. The number of oxazole rings is 1. The van der Waals surface area contributed by atoms with Crippen LogP contribution in [0.4, 0.5) is 0 Å². The summed E-state index contributed by atoms with van der Waals surface area (Å²) in [5.41, 5.74) is 11.9.